The van der Waals surface area contributed by atoms with Crippen LogP contribution in [-0.2, 0) is 19.1 Å². The molecule has 2 fully saturated rings. The molecule has 5 rings (SSSR count). The highest BCUT2D eigenvalue weighted by molar-refractivity contribution is 6.30. The number of carbonyl (C=O) groups excluding carboxylic acids is 4. The lowest BCUT2D eigenvalue weighted by atomic mass is 9.73. The van der Waals surface area contributed by atoms with Gasteiger partial charge in [-0.05, 0) is 79.3 Å². The quantitative estimate of drug-likeness (QED) is 0.358. The first kappa shape index (κ1) is 24.7. The topological polar surface area (TPSA) is 92.8 Å². The van der Waals surface area contributed by atoms with Gasteiger partial charge in [0, 0.05) is 10.7 Å². The van der Waals surface area contributed by atoms with Crippen molar-refractivity contribution in [3.63, 3.8) is 0 Å². The number of fused-ring (bicyclic) bond motifs is 1. The zero-order chi connectivity index (χ0) is 25.9. The van der Waals surface area contributed by atoms with Crippen LogP contribution in [0, 0.1) is 11.8 Å². The Balaban J connectivity index is 1.20. The molecule has 7 nitrogen and oxygen atoms in total. The fourth-order valence-corrected chi connectivity index (χ4v) is 5.28. The minimum atomic E-state index is -0.684. The summed E-state index contributed by atoms with van der Waals surface area (Å²) >= 11 is 5.83. The van der Waals surface area contributed by atoms with Gasteiger partial charge in [0.15, 0.2) is 6.61 Å². The standard InChI is InChI=1S/C29H25ClN2O5/c30-21-9-11-22(12-10-21)31-26(33)17-37-29(36)19-6-13-23(14-7-19)32-27(34)24-15-8-20(16-25(24)28(32)35)18-4-2-1-3-5-18/h1-7,9-14,20,24-25H,8,15-17H2,(H,31,33)/t20-,24-,25-/m1/s1. The first-order valence-corrected chi connectivity index (χ1v) is 12.5. The van der Waals surface area contributed by atoms with E-state index in [-0.39, 0.29) is 35.1 Å². The first-order valence-electron chi connectivity index (χ1n) is 12.2. The molecule has 8 heteroatoms. The maximum Gasteiger partial charge on any atom is 0.338 e. The van der Waals surface area contributed by atoms with E-state index >= 15 is 0 Å². The van der Waals surface area contributed by atoms with Crippen molar-refractivity contribution in [1.82, 2.24) is 0 Å². The van der Waals surface area contributed by atoms with Gasteiger partial charge in [0.2, 0.25) is 11.8 Å². The molecule has 0 radical (unpaired) electrons. The highest BCUT2D eigenvalue weighted by Gasteiger charge is 2.50. The Morgan fingerprint density at radius 2 is 1.54 bits per heavy atom. The normalized spacial score (nSPS) is 20.9. The summed E-state index contributed by atoms with van der Waals surface area (Å²) < 4.78 is 5.10. The van der Waals surface area contributed by atoms with Crippen LogP contribution in [-0.4, -0.2) is 30.3 Å². The molecule has 1 saturated heterocycles. The Kier molecular flexibility index (Phi) is 7.06. The van der Waals surface area contributed by atoms with E-state index in [0.717, 1.165) is 6.42 Å². The van der Waals surface area contributed by atoms with Crippen molar-refractivity contribution in [3.8, 4) is 0 Å². The van der Waals surface area contributed by atoms with Crippen LogP contribution in [0.3, 0.4) is 0 Å². The van der Waals surface area contributed by atoms with Crippen LogP contribution in [0.25, 0.3) is 0 Å². The van der Waals surface area contributed by atoms with Crippen LogP contribution in [0.2, 0.25) is 5.02 Å². The number of anilines is 2. The number of hydrogen-bond acceptors (Lipinski definition) is 5. The molecule has 1 N–H and O–H groups in total. The van der Waals surface area contributed by atoms with Crippen molar-refractivity contribution >= 4 is 46.7 Å². The summed E-state index contributed by atoms with van der Waals surface area (Å²) in [5, 5.41) is 3.16. The number of ether oxygens (including phenoxy) is 1. The van der Waals surface area contributed by atoms with Crippen molar-refractivity contribution in [3.05, 3.63) is 95.0 Å². The van der Waals surface area contributed by atoms with Crippen molar-refractivity contribution in [2.24, 2.45) is 11.8 Å². The lowest BCUT2D eigenvalue weighted by Gasteiger charge is -2.28. The zero-order valence-electron chi connectivity index (χ0n) is 19.9. The fraction of sp³-hybridized carbons (Fsp3) is 0.241. The second-order valence-corrected chi connectivity index (χ2v) is 9.76. The molecule has 3 atom stereocenters. The molecule has 0 aromatic heterocycles. The lowest BCUT2D eigenvalue weighted by Crippen LogP contribution is -2.30. The van der Waals surface area contributed by atoms with Crippen molar-refractivity contribution in [2.75, 3.05) is 16.8 Å². The van der Waals surface area contributed by atoms with E-state index in [0.29, 0.717) is 29.2 Å². The number of esters is 1. The van der Waals surface area contributed by atoms with Crippen LogP contribution in [0.4, 0.5) is 11.4 Å². The molecule has 1 heterocycles. The number of halogens is 1. The van der Waals surface area contributed by atoms with E-state index in [1.807, 2.05) is 18.2 Å². The van der Waals surface area contributed by atoms with Gasteiger partial charge in [0.05, 0.1) is 23.1 Å². The molecule has 3 aromatic carbocycles. The van der Waals surface area contributed by atoms with Gasteiger partial charge < -0.3 is 10.1 Å². The predicted molar refractivity (Wildman–Crippen MR) is 139 cm³/mol. The first-order chi connectivity index (χ1) is 17.9. The lowest BCUT2D eigenvalue weighted by molar-refractivity contribution is -0.122. The monoisotopic (exact) mass is 516 g/mol. The van der Waals surface area contributed by atoms with Crippen LogP contribution < -0.4 is 10.2 Å². The predicted octanol–water partition coefficient (Wildman–Crippen LogP) is 5.21. The molecule has 0 spiro atoms. The Labute approximate surface area is 219 Å². The van der Waals surface area contributed by atoms with E-state index in [1.165, 1.54) is 22.6 Å². The fourth-order valence-electron chi connectivity index (χ4n) is 5.15. The maximum atomic E-state index is 13.3. The third kappa shape index (κ3) is 5.27. The largest absolute Gasteiger partial charge is 0.452 e. The summed E-state index contributed by atoms with van der Waals surface area (Å²) in [6.45, 7) is -0.460. The third-order valence-corrected chi connectivity index (χ3v) is 7.27. The highest BCUT2D eigenvalue weighted by atomic mass is 35.5. The van der Waals surface area contributed by atoms with Gasteiger partial charge in [-0.2, -0.15) is 0 Å². The van der Waals surface area contributed by atoms with Gasteiger partial charge in [-0.3, -0.25) is 19.3 Å². The molecule has 1 aliphatic carbocycles. The number of benzene rings is 3. The van der Waals surface area contributed by atoms with Gasteiger partial charge in [-0.1, -0.05) is 41.9 Å². The number of imide groups is 1. The summed E-state index contributed by atoms with van der Waals surface area (Å²) in [7, 11) is 0. The van der Waals surface area contributed by atoms with Crippen LogP contribution in [0.15, 0.2) is 78.9 Å². The summed E-state index contributed by atoms with van der Waals surface area (Å²) in [6, 6.07) is 22.8. The SMILES string of the molecule is O=C(COC(=O)c1ccc(N2C(=O)[C@@H]3CC[C@@H](c4ccccc4)C[C@H]3C2=O)cc1)Nc1ccc(Cl)cc1. The number of nitrogens with one attached hydrogen (secondary N) is 1. The average molecular weight is 517 g/mol. The van der Waals surface area contributed by atoms with Gasteiger partial charge in [0.25, 0.3) is 5.91 Å². The summed E-state index contributed by atoms with van der Waals surface area (Å²) in [5.41, 5.74) is 2.37. The molecule has 2 aliphatic rings. The molecule has 188 valence electrons. The van der Waals surface area contributed by atoms with Gasteiger partial charge >= 0.3 is 5.97 Å². The molecule has 37 heavy (non-hydrogen) atoms. The Morgan fingerprint density at radius 3 is 2.24 bits per heavy atom. The van der Waals surface area contributed by atoms with Gasteiger partial charge in [-0.25, -0.2) is 4.79 Å². The number of amides is 3. The van der Waals surface area contributed by atoms with Crippen LogP contribution in [0.1, 0.15) is 41.1 Å². The minimum Gasteiger partial charge on any atom is -0.452 e. The number of carbonyl (C=O) groups is 4. The van der Waals surface area contributed by atoms with Gasteiger partial charge in [0.1, 0.15) is 0 Å². The van der Waals surface area contributed by atoms with Crippen LogP contribution >= 0.6 is 11.6 Å². The van der Waals surface area contributed by atoms with E-state index in [2.05, 4.69) is 17.4 Å². The molecule has 3 aromatic rings. The Hall–Kier alpha value is -3.97. The van der Waals surface area contributed by atoms with Crippen molar-refractivity contribution in [2.45, 2.75) is 25.2 Å². The molecular formula is C29H25ClN2O5. The van der Waals surface area contributed by atoms with Crippen molar-refractivity contribution < 1.29 is 23.9 Å². The zero-order valence-corrected chi connectivity index (χ0v) is 20.7. The Bertz CT molecular complexity index is 1320. The Morgan fingerprint density at radius 1 is 0.865 bits per heavy atom. The van der Waals surface area contributed by atoms with Crippen LogP contribution in [0.5, 0.6) is 0 Å². The maximum absolute atomic E-state index is 13.3. The molecular weight excluding hydrogens is 492 g/mol. The second kappa shape index (κ2) is 10.6. The molecule has 3 amide bonds. The van der Waals surface area contributed by atoms with E-state index in [1.54, 1.807) is 36.4 Å². The molecule has 1 aliphatic heterocycles. The molecule has 0 unspecified atom stereocenters. The molecule has 1 saturated carbocycles. The number of rotatable bonds is 6. The third-order valence-electron chi connectivity index (χ3n) is 7.02. The molecule has 0 bridgehead atoms. The number of hydrogen-bond donors (Lipinski definition) is 1. The summed E-state index contributed by atoms with van der Waals surface area (Å²) in [6.07, 6.45) is 2.19. The number of nitrogens with zero attached hydrogens (tertiary/aromatic N) is 1. The highest BCUT2D eigenvalue weighted by Crippen LogP contribution is 2.45. The summed E-state index contributed by atoms with van der Waals surface area (Å²) in [5.74, 6) is -1.94. The van der Waals surface area contributed by atoms with Crippen molar-refractivity contribution in [1.29, 1.82) is 0 Å². The van der Waals surface area contributed by atoms with E-state index < -0.39 is 18.5 Å². The smallest absolute Gasteiger partial charge is 0.338 e. The van der Waals surface area contributed by atoms with E-state index in [9.17, 15) is 19.2 Å². The minimum absolute atomic E-state index is 0.185. The average Bonchev–Trinajstić information content (AvgIpc) is 3.18. The van der Waals surface area contributed by atoms with Gasteiger partial charge in [-0.15, -0.1) is 0 Å². The second-order valence-electron chi connectivity index (χ2n) is 9.32. The van der Waals surface area contributed by atoms with E-state index in [4.69, 9.17) is 16.3 Å². The summed E-state index contributed by atoms with van der Waals surface area (Å²) in [4.78, 5) is 52.1.